The molecule has 18 heavy (non-hydrogen) atoms. The van der Waals surface area contributed by atoms with Gasteiger partial charge in [-0.1, -0.05) is 0 Å². The van der Waals surface area contributed by atoms with Gasteiger partial charge in [0, 0.05) is 13.7 Å². The van der Waals surface area contributed by atoms with Crippen LogP contribution >= 0.6 is 11.3 Å². The molecule has 92 valence electrons. The number of hydrogen-bond acceptors (Lipinski definition) is 4. The Morgan fingerprint density at radius 1 is 1.50 bits per heavy atom. The van der Waals surface area contributed by atoms with Crippen LogP contribution in [0.4, 0.5) is 0 Å². The van der Waals surface area contributed by atoms with Crippen LogP contribution in [0.25, 0.3) is 0 Å². The Bertz CT molecular complexity index is 271. The Balaban J connectivity index is -0.000000202. The van der Waals surface area contributed by atoms with Crippen molar-refractivity contribution in [2.45, 2.75) is 6.29 Å². The van der Waals surface area contributed by atoms with Crippen molar-refractivity contribution >= 4 is 11.3 Å². The monoisotopic (exact) mass is 299 g/mol. The molecule has 1 saturated carbocycles. The fourth-order valence-corrected chi connectivity index (χ4v) is 1.81. The average Bonchev–Trinajstić information content (AvgIpc) is 2.80. The summed E-state index contributed by atoms with van der Waals surface area (Å²) in [5.74, 6) is 1.35. The summed E-state index contributed by atoms with van der Waals surface area (Å²) < 4.78 is 10.2. The van der Waals surface area contributed by atoms with E-state index in [1.54, 1.807) is 18.4 Å². The summed E-state index contributed by atoms with van der Waals surface area (Å²) in [4.78, 5) is 0. The van der Waals surface area contributed by atoms with Crippen LogP contribution in [0.15, 0.2) is 17.5 Å². The van der Waals surface area contributed by atoms with E-state index in [2.05, 4.69) is 11.8 Å². The van der Waals surface area contributed by atoms with Gasteiger partial charge in [-0.2, -0.15) is 17.4 Å². The Morgan fingerprint density at radius 2 is 2.17 bits per heavy atom. The van der Waals surface area contributed by atoms with Crippen LogP contribution in [0, 0.1) is 35.5 Å². The van der Waals surface area contributed by atoms with E-state index in [-0.39, 0.29) is 61.1 Å². The van der Waals surface area contributed by atoms with Crippen molar-refractivity contribution in [2.24, 2.45) is 11.8 Å². The molecule has 7 heteroatoms. The van der Waals surface area contributed by atoms with Crippen LogP contribution < -0.4 is 37.7 Å². The third-order valence-electron chi connectivity index (χ3n) is 2.20. The third kappa shape index (κ3) is 8.09. The number of nitrogens with zero attached hydrogens (tertiary/aromatic N) is 1. The Kier molecular flexibility index (Phi) is 18.9. The van der Waals surface area contributed by atoms with Gasteiger partial charge in [-0.3, -0.25) is 0 Å². The van der Waals surface area contributed by atoms with Gasteiger partial charge in [-0.15, -0.1) is 11.3 Å². The summed E-state index contributed by atoms with van der Waals surface area (Å²) in [5, 5.41) is 11.1. The molecule has 0 unspecified atom stereocenters. The maximum absolute atomic E-state index is 6.25. The molecule has 1 saturated heterocycles. The molecule has 3 rings (SSSR count). The molecule has 3 nitrogen and oxygen atoms in total. The zero-order valence-corrected chi connectivity index (χ0v) is 12.5. The molecule has 3 atom stereocenters. The molecule has 2 aliphatic rings. The summed E-state index contributed by atoms with van der Waals surface area (Å²) >= 11 is 1.59. The Labute approximate surface area is 147 Å². The zero-order valence-electron chi connectivity index (χ0n) is 10.7. The Hall–Kier alpha value is 0.824. The summed E-state index contributed by atoms with van der Waals surface area (Å²) in [6, 6.07) is 3.86. The second-order valence-electron chi connectivity index (χ2n) is 3.10. The largest absolute Gasteiger partial charge is 1.00 e. The number of rotatable bonds is 1. The van der Waals surface area contributed by atoms with Crippen molar-refractivity contribution in [1.82, 2.24) is 0 Å². The molecule has 0 radical (unpaired) electrons. The molecule has 1 aromatic rings. The molecule has 0 amide bonds. The minimum Gasteiger partial charge on any atom is -0.512 e. The van der Waals surface area contributed by atoms with Gasteiger partial charge in [0.2, 0.25) is 0 Å². The first-order valence-electron chi connectivity index (χ1n) is 4.53. The fraction of sp³-hybridized carbons (Fsp3) is 0.455. The van der Waals surface area contributed by atoms with Crippen LogP contribution in [0.1, 0.15) is 0 Å². The molecule has 0 spiro atoms. The van der Waals surface area contributed by atoms with Crippen molar-refractivity contribution in [2.75, 3.05) is 13.7 Å². The van der Waals surface area contributed by atoms with E-state index in [1.165, 1.54) is 0 Å². The predicted octanol–water partition coefficient (Wildman–Crippen LogP) is -3.91. The SMILES string of the molecule is CO[C@@H]1OC[C@H]2[CH-][C@@H]12.[C-]#N.[Cu+].[Li+].[Li+].[c-]1cccs1. The molecule has 0 bridgehead atoms. The van der Waals surface area contributed by atoms with Crippen LogP contribution in [0.2, 0.25) is 0 Å². The topological polar surface area (TPSA) is 42.2 Å². The van der Waals surface area contributed by atoms with Gasteiger partial charge in [0.25, 0.3) is 0 Å². The number of fused-ring (bicyclic) bond motifs is 1. The van der Waals surface area contributed by atoms with E-state index in [1.807, 2.05) is 17.5 Å². The molecule has 0 N–H and O–H groups in total. The van der Waals surface area contributed by atoms with Gasteiger partial charge in [0.1, 0.15) is 6.29 Å². The van der Waals surface area contributed by atoms with E-state index >= 15 is 0 Å². The second kappa shape index (κ2) is 14.2. The summed E-state index contributed by atoms with van der Waals surface area (Å²) in [6.45, 7) is 5.63. The molecular weight excluding hydrogens is 288 g/mol. The van der Waals surface area contributed by atoms with E-state index in [0.29, 0.717) is 5.92 Å². The number of ether oxygens (including phenoxy) is 2. The van der Waals surface area contributed by atoms with Gasteiger partial charge >= 0.3 is 54.8 Å². The first kappa shape index (κ1) is 23.9. The smallest absolute Gasteiger partial charge is 0.512 e. The van der Waals surface area contributed by atoms with Crippen LogP contribution in [0.3, 0.4) is 0 Å². The molecule has 1 aromatic heterocycles. The van der Waals surface area contributed by atoms with E-state index in [0.717, 1.165) is 12.5 Å². The minimum absolute atomic E-state index is 0. The quantitative estimate of drug-likeness (QED) is 0.393. The molecule has 2 fully saturated rings. The van der Waals surface area contributed by atoms with Crippen molar-refractivity contribution in [1.29, 1.82) is 5.26 Å². The first-order chi connectivity index (χ1) is 7.42. The summed E-state index contributed by atoms with van der Waals surface area (Å²) in [5.41, 5.74) is 0. The van der Waals surface area contributed by atoms with Crippen molar-refractivity contribution < 1.29 is 64.3 Å². The minimum atomic E-state index is 0. The second-order valence-corrected chi connectivity index (χ2v) is 3.85. The van der Waals surface area contributed by atoms with E-state index < -0.39 is 0 Å². The standard InChI is InChI=1S/C6H9O2.C4H3S.CN.Cu.2Li/c1-7-6-5-2-4(5)3-8-6;1-2-4-5-3-1;1-2;;;/h2,4-6H,3H2,1H3;1-3H;;;;/q3*-1;3*+1/t4-,5-,6-;;;;;/m1...../s1. The first-order valence-corrected chi connectivity index (χ1v) is 5.41. The number of thiophene rings is 1. The van der Waals surface area contributed by atoms with Crippen molar-refractivity contribution in [3.63, 3.8) is 0 Å². The number of methoxy groups -OCH3 is 1. The van der Waals surface area contributed by atoms with Crippen LogP contribution in [-0.4, -0.2) is 20.0 Å². The van der Waals surface area contributed by atoms with Crippen molar-refractivity contribution in [3.8, 4) is 0 Å². The normalized spacial score (nSPS) is 25.2. The third-order valence-corrected chi connectivity index (χ3v) is 2.77. The molecule has 1 aliphatic carbocycles. The molecular formula is C11H12CuLi2NO2S. The maximum Gasteiger partial charge on any atom is 1.00 e. The van der Waals surface area contributed by atoms with Gasteiger partial charge in [-0.25, -0.2) is 6.07 Å². The van der Waals surface area contributed by atoms with Crippen LogP contribution in [-0.2, 0) is 26.5 Å². The summed E-state index contributed by atoms with van der Waals surface area (Å²) in [7, 11) is 1.69. The molecule has 1 aliphatic heterocycles. The Morgan fingerprint density at radius 3 is 2.33 bits per heavy atom. The van der Waals surface area contributed by atoms with Gasteiger partial charge in [-0.05, 0) is 0 Å². The maximum atomic E-state index is 6.25. The van der Waals surface area contributed by atoms with Gasteiger partial charge < -0.3 is 39.1 Å². The zero-order chi connectivity index (χ0) is 11.1. The van der Waals surface area contributed by atoms with Crippen LogP contribution in [0.5, 0.6) is 0 Å². The van der Waals surface area contributed by atoms with Crippen molar-refractivity contribution in [3.05, 3.63) is 35.9 Å². The van der Waals surface area contributed by atoms with Gasteiger partial charge in [0.15, 0.2) is 0 Å². The summed E-state index contributed by atoms with van der Waals surface area (Å²) in [6.07, 6.45) is 2.36. The fourth-order valence-electron chi connectivity index (χ4n) is 1.42. The van der Waals surface area contributed by atoms with E-state index in [4.69, 9.17) is 21.3 Å². The van der Waals surface area contributed by atoms with Gasteiger partial charge in [0.05, 0.1) is 0 Å². The predicted molar refractivity (Wildman–Crippen MR) is 56.2 cm³/mol. The molecule has 2 heterocycles. The number of hydrogen-bond donors (Lipinski definition) is 0. The average molecular weight is 300 g/mol. The molecule has 0 aromatic carbocycles. The van der Waals surface area contributed by atoms with E-state index in [9.17, 15) is 0 Å².